The molecule has 222 valence electrons. The van der Waals surface area contributed by atoms with Gasteiger partial charge in [0.1, 0.15) is 13.2 Å². The molecule has 0 radical (unpaired) electrons. The lowest BCUT2D eigenvalue weighted by Crippen LogP contribution is -2.45. The van der Waals surface area contributed by atoms with Crippen molar-refractivity contribution in [2.45, 2.75) is 96.5 Å². The molecule has 0 aliphatic heterocycles. The molecule has 0 heterocycles. The first-order valence-electron chi connectivity index (χ1n) is 14.6. The topological polar surface area (TPSA) is 97.3 Å². The van der Waals surface area contributed by atoms with E-state index in [-0.39, 0.29) is 25.0 Å². The van der Waals surface area contributed by atoms with E-state index in [1.165, 1.54) is 24.2 Å². The Kier molecular flexibility index (Phi) is 20.3. The predicted molar refractivity (Wildman–Crippen MR) is 161 cm³/mol. The highest BCUT2D eigenvalue weighted by Crippen LogP contribution is 2.09. The molecule has 8 nitrogen and oxygen atoms in total. The zero-order valence-electron chi connectivity index (χ0n) is 24.4. The van der Waals surface area contributed by atoms with Crippen molar-refractivity contribution in [1.29, 1.82) is 0 Å². The number of benzene rings is 1. The number of nitrogens with zero attached hydrogens (tertiary/aromatic N) is 2. The first-order valence-corrected chi connectivity index (χ1v) is 14.6. The largest absolute Gasteiger partial charge is 0.464 e. The molecule has 1 aromatic rings. The summed E-state index contributed by atoms with van der Waals surface area (Å²) in [5, 5.41) is 2.68. The molecule has 40 heavy (non-hydrogen) atoms. The molecule has 1 N–H and O–H groups in total. The molecule has 0 saturated carbocycles. The second-order valence-electron chi connectivity index (χ2n) is 9.89. The van der Waals surface area contributed by atoms with E-state index >= 15 is 0 Å². The number of carbonyl (C=O) groups is 3. The Labute approximate surface area is 240 Å². The summed E-state index contributed by atoms with van der Waals surface area (Å²) in [5.74, 6) is -0.757. The number of guanidine groups is 1. The SMILES string of the molecule is C=CCCCCCCCCOC(=O)CN(C)/C(=N\C(=O)OCc1ccccc1)NC(=O)CCCCCCCC=C. The van der Waals surface area contributed by atoms with Gasteiger partial charge in [0.15, 0.2) is 0 Å². The zero-order chi connectivity index (χ0) is 29.3. The van der Waals surface area contributed by atoms with Gasteiger partial charge in [0.2, 0.25) is 11.9 Å². The van der Waals surface area contributed by atoms with E-state index in [0.29, 0.717) is 13.0 Å². The number of likely N-dealkylation sites (N-methyl/N-ethyl adjacent to an activating group) is 1. The fraction of sp³-hybridized carbons (Fsp3) is 0.562. The zero-order valence-corrected chi connectivity index (χ0v) is 24.4. The van der Waals surface area contributed by atoms with E-state index in [4.69, 9.17) is 9.47 Å². The van der Waals surface area contributed by atoms with E-state index < -0.39 is 12.1 Å². The number of hydrogen-bond donors (Lipinski definition) is 1. The summed E-state index contributed by atoms with van der Waals surface area (Å²) in [5.41, 5.74) is 0.818. The van der Waals surface area contributed by atoms with E-state index in [0.717, 1.165) is 69.8 Å². The molecule has 1 aromatic carbocycles. The number of hydrogen-bond acceptors (Lipinski definition) is 5. The van der Waals surface area contributed by atoms with Crippen LogP contribution < -0.4 is 5.32 Å². The van der Waals surface area contributed by atoms with Crippen molar-refractivity contribution in [3.63, 3.8) is 0 Å². The van der Waals surface area contributed by atoms with E-state index in [1.807, 2.05) is 42.5 Å². The van der Waals surface area contributed by atoms with Crippen molar-refractivity contribution in [1.82, 2.24) is 10.2 Å². The second kappa shape index (κ2) is 23.5. The summed E-state index contributed by atoms with van der Waals surface area (Å²) in [4.78, 5) is 42.8. The second-order valence-corrected chi connectivity index (χ2v) is 9.89. The van der Waals surface area contributed by atoms with Gasteiger partial charge in [0, 0.05) is 13.5 Å². The number of ether oxygens (including phenoxy) is 2. The van der Waals surface area contributed by atoms with Crippen molar-refractivity contribution in [2.75, 3.05) is 20.2 Å². The third-order valence-corrected chi connectivity index (χ3v) is 6.26. The highest BCUT2D eigenvalue weighted by molar-refractivity contribution is 6.01. The Morgan fingerprint density at radius 2 is 1.40 bits per heavy atom. The molecule has 2 amide bonds. The van der Waals surface area contributed by atoms with Crippen LogP contribution in [-0.2, 0) is 25.7 Å². The Morgan fingerprint density at radius 1 is 0.825 bits per heavy atom. The quantitative estimate of drug-likeness (QED) is 0.0571. The van der Waals surface area contributed by atoms with Gasteiger partial charge in [0.25, 0.3) is 0 Å². The van der Waals surface area contributed by atoms with Crippen molar-refractivity contribution in [3.8, 4) is 0 Å². The molecule has 0 unspecified atom stereocenters. The van der Waals surface area contributed by atoms with Crippen molar-refractivity contribution in [2.24, 2.45) is 4.99 Å². The third-order valence-electron chi connectivity index (χ3n) is 6.26. The number of rotatable bonds is 21. The molecular formula is C32H49N3O5. The summed E-state index contributed by atoms with van der Waals surface area (Å²) in [7, 11) is 1.58. The van der Waals surface area contributed by atoms with Gasteiger partial charge in [-0.1, -0.05) is 87.4 Å². The Balaban J connectivity index is 2.54. The van der Waals surface area contributed by atoms with Gasteiger partial charge in [-0.15, -0.1) is 18.2 Å². The number of allylic oxidation sites excluding steroid dienone is 2. The van der Waals surface area contributed by atoms with Crippen LogP contribution in [0.1, 0.15) is 95.5 Å². The van der Waals surface area contributed by atoms with Crippen LogP contribution in [0.4, 0.5) is 4.79 Å². The minimum Gasteiger partial charge on any atom is -0.464 e. The third kappa shape index (κ3) is 18.8. The van der Waals surface area contributed by atoms with Crippen LogP contribution in [0.3, 0.4) is 0 Å². The van der Waals surface area contributed by atoms with Crippen LogP contribution in [0, 0.1) is 0 Å². The fourth-order valence-corrected chi connectivity index (χ4v) is 3.94. The molecule has 8 heteroatoms. The summed E-state index contributed by atoms with van der Waals surface area (Å²) in [6, 6.07) is 9.24. The highest BCUT2D eigenvalue weighted by atomic mass is 16.5. The van der Waals surface area contributed by atoms with Gasteiger partial charge in [-0.25, -0.2) is 4.79 Å². The van der Waals surface area contributed by atoms with Crippen molar-refractivity contribution >= 4 is 23.9 Å². The Morgan fingerprint density at radius 3 is 2.02 bits per heavy atom. The molecular weight excluding hydrogens is 506 g/mol. The monoisotopic (exact) mass is 555 g/mol. The molecule has 0 bridgehead atoms. The number of aliphatic imine (C=N–C) groups is 1. The number of esters is 1. The summed E-state index contributed by atoms with van der Waals surface area (Å²) < 4.78 is 10.6. The summed E-state index contributed by atoms with van der Waals surface area (Å²) in [6.07, 6.45) is 16.7. The summed E-state index contributed by atoms with van der Waals surface area (Å²) in [6.45, 7) is 7.70. The maximum atomic E-state index is 12.6. The van der Waals surface area contributed by atoms with E-state index in [9.17, 15) is 14.4 Å². The van der Waals surface area contributed by atoms with Crippen LogP contribution in [0.2, 0.25) is 0 Å². The highest BCUT2D eigenvalue weighted by Gasteiger charge is 2.17. The van der Waals surface area contributed by atoms with Crippen LogP contribution >= 0.6 is 0 Å². The van der Waals surface area contributed by atoms with Crippen molar-refractivity contribution in [3.05, 3.63) is 61.2 Å². The molecule has 0 saturated heterocycles. The van der Waals surface area contributed by atoms with E-state index in [1.54, 1.807) is 7.05 Å². The Hall–Kier alpha value is -3.42. The fourth-order valence-electron chi connectivity index (χ4n) is 3.94. The number of nitrogens with one attached hydrogen (secondary N) is 1. The van der Waals surface area contributed by atoms with Gasteiger partial charge >= 0.3 is 12.1 Å². The van der Waals surface area contributed by atoms with Gasteiger partial charge in [0.05, 0.1) is 6.61 Å². The smallest absolute Gasteiger partial charge is 0.437 e. The number of amides is 2. The predicted octanol–water partition coefficient (Wildman–Crippen LogP) is 7.10. The van der Waals surface area contributed by atoms with Gasteiger partial charge in [-0.2, -0.15) is 0 Å². The van der Waals surface area contributed by atoms with Crippen LogP contribution in [-0.4, -0.2) is 49.0 Å². The molecule has 0 aromatic heterocycles. The van der Waals surface area contributed by atoms with Crippen molar-refractivity contribution < 1.29 is 23.9 Å². The van der Waals surface area contributed by atoms with Crippen LogP contribution in [0.5, 0.6) is 0 Å². The molecule has 1 rings (SSSR count). The molecule has 0 aliphatic carbocycles. The Bertz CT molecular complexity index is 901. The lowest BCUT2D eigenvalue weighted by Gasteiger charge is -2.20. The normalized spacial score (nSPS) is 11.0. The lowest BCUT2D eigenvalue weighted by atomic mass is 10.1. The lowest BCUT2D eigenvalue weighted by molar-refractivity contribution is -0.144. The molecule has 0 aliphatic rings. The minimum absolute atomic E-state index is 0.0366. The van der Waals surface area contributed by atoms with Crippen LogP contribution in [0.15, 0.2) is 60.6 Å². The molecule has 0 spiro atoms. The van der Waals surface area contributed by atoms with Gasteiger partial charge < -0.3 is 14.4 Å². The summed E-state index contributed by atoms with van der Waals surface area (Å²) >= 11 is 0. The number of unbranched alkanes of at least 4 members (excludes halogenated alkanes) is 11. The maximum absolute atomic E-state index is 12.6. The standard InChI is InChI=1S/C32H49N3O5/c1-4-6-8-10-12-14-16-21-25-39-30(37)26-35(3)31(33-29(36)24-20-15-13-11-9-7-5-2)34-32(38)40-27-28-22-18-17-19-23-28/h4-5,17-19,22-23H,1-2,6-16,20-21,24-27H2,3H3,(H,33,34,36,38). The average molecular weight is 556 g/mol. The first-order chi connectivity index (χ1) is 19.5. The maximum Gasteiger partial charge on any atom is 0.437 e. The number of carbonyl (C=O) groups excluding carboxylic acids is 3. The molecule has 0 atom stereocenters. The minimum atomic E-state index is -0.852. The first kappa shape index (κ1) is 34.6. The van der Waals surface area contributed by atoms with Gasteiger partial charge in [-0.3, -0.25) is 14.9 Å². The average Bonchev–Trinajstić information content (AvgIpc) is 2.95. The van der Waals surface area contributed by atoms with Crippen LogP contribution in [0.25, 0.3) is 0 Å². The van der Waals surface area contributed by atoms with E-state index in [2.05, 4.69) is 23.5 Å². The van der Waals surface area contributed by atoms with Gasteiger partial charge in [-0.05, 0) is 44.1 Å². The molecule has 0 fully saturated rings.